The van der Waals surface area contributed by atoms with Crippen LogP contribution in [0.2, 0.25) is 0 Å². The maximum absolute atomic E-state index is 12.5. The number of hydrogen-bond acceptors (Lipinski definition) is 4. The van der Waals surface area contributed by atoms with Crippen molar-refractivity contribution in [3.63, 3.8) is 0 Å². The largest absolute Gasteiger partial charge is 0.492 e. The Morgan fingerprint density at radius 2 is 1.61 bits per heavy atom. The summed E-state index contributed by atoms with van der Waals surface area (Å²) in [5.74, 6) is 0.787. The molecule has 0 heterocycles. The fourth-order valence-electron chi connectivity index (χ4n) is 2.42. The lowest BCUT2D eigenvalue weighted by molar-refractivity contribution is -0.118. The van der Waals surface area contributed by atoms with E-state index in [-0.39, 0.29) is 22.8 Å². The first-order chi connectivity index (χ1) is 14.7. The van der Waals surface area contributed by atoms with Crippen molar-refractivity contribution in [2.24, 2.45) is 11.8 Å². The van der Waals surface area contributed by atoms with Crippen molar-refractivity contribution in [1.29, 1.82) is 0 Å². The lowest BCUT2D eigenvalue weighted by Crippen LogP contribution is -2.34. The monoisotopic (exact) mass is 505 g/mol. The number of ether oxygens (including phenoxy) is 1. The van der Waals surface area contributed by atoms with Gasteiger partial charge in [0.1, 0.15) is 5.75 Å². The van der Waals surface area contributed by atoms with Gasteiger partial charge in [-0.3, -0.25) is 14.9 Å². The van der Waals surface area contributed by atoms with Crippen LogP contribution in [0.4, 0.5) is 11.4 Å². The summed E-state index contributed by atoms with van der Waals surface area (Å²) in [4.78, 5) is 24.3. The number of hydrogen-bond donors (Lipinski definition) is 3. The number of halogens is 1. The average molecular weight is 506 g/mol. The van der Waals surface area contributed by atoms with Crippen LogP contribution in [0.5, 0.6) is 5.75 Å². The minimum atomic E-state index is -0.326. The zero-order chi connectivity index (χ0) is 23.0. The van der Waals surface area contributed by atoms with Gasteiger partial charge in [-0.05, 0) is 83.0 Å². The molecule has 6 nitrogen and oxygen atoms in total. The standard InChI is InChI=1S/C23H28BrN3O3S/c1-14(2)11-12-30-20-10-5-16(13-19(20)24)22(29)27-23(31)26-18-8-6-17(7-9-18)25-21(28)15(3)4/h5-10,13-15H,11-12H2,1-4H3,(H,25,28)(H2,26,27,29,31). The number of carbonyl (C=O) groups excluding carboxylic acids is 2. The second kappa shape index (κ2) is 11.8. The van der Waals surface area contributed by atoms with Crippen LogP contribution in [0, 0.1) is 11.8 Å². The van der Waals surface area contributed by atoms with Crippen molar-refractivity contribution in [3.8, 4) is 5.75 Å². The van der Waals surface area contributed by atoms with E-state index in [9.17, 15) is 9.59 Å². The molecule has 0 aliphatic carbocycles. The Labute approximate surface area is 197 Å². The summed E-state index contributed by atoms with van der Waals surface area (Å²) in [6, 6.07) is 12.2. The third kappa shape index (κ3) is 8.30. The zero-order valence-corrected chi connectivity index (χ0v) is 20.5. The summed E-state index contributed by atoms with van der Waals surface area (Å²) in [6.45, 7) is 8.57. The smallest absolute Gasteiger partial charge is 0.257 e. The zero-order valence-electron chi connectivity index (χ0n) is 18.1. The number of carbonyl (C=O) groups is 2. The van der Waals surface area contributed by atoms with Crippen molar-refractivity contribution in [1.82, 2.24) is 5.32 Å². The molecule has 166 valence electrons. The normalized spacial score (nSPS) is 10.7. The topological polar surface area (TPSA) is 79.5 Å². The van der Waals surface area contributed by atoms with Crippen LogP contribution in [0.15, 0.2) is 46.9 Å². The first-order valence-corrected chi connectivity index (χ1v) is 11.3. The predicted molar refractivity (Wildman–Crippen MR) is 133 cm³/mol. The molecule has 0 saturated carbocycles. The van der Waals surface area contributed by atoms with Gasteiger partial charge in [-0.1, -0.05) is 27.7 Å². The lowest BCUT2D eigenvalue weighted by atomic mass is 10.1. The van der Waals surface area contributed by atoms with Crippen molar-refractivity contribution >= 4 is 56.4 Å². The van der Waals surface area contributed by atoms with E-state index in [0.29, 0.717) is 39.7 Å². The molecule has 0 atom stereocenters. The van der Waals surface area contributed by atoms with Crippen molar-refractivity contribution < 1.29 is 14.3 Å². The summed E-state index contributed by atoms with van der Waals surface area (Å²) in [7, 11) is 0. The van der Waals surface area contributed by atoms with E-state index in [1.165, 1.54) is 0 Å². The highest BCUT2D eigenvalue weighted by atomic mass is 79.9. The molecule has 2 aromatic carbocycles. The molecule has 0 aromatic heterocycles. The van der Waals surface area contributed by atoms with Gasteiger partial charge in [-0.2, -0.15) is 0 Å². The Bertz CT molecular complexity index is 930. The summed E-state index contributed by atoms with van der Waals surface area (Å²) < 4.78 is 6.46. The van der Waals surface area contributed by atoms with Crippen LogP contribution in [0.25, 0.3) is 0 Å². The molecule has 8 heteroatoms. The number of benzene rings is 2. The molecule has 3 N–H and O–H groups in total. The maximum Gasteiger partial charge on any atom is 0.257 e. The molecule has 0 fully saturated rings. The second-order valence-electron chi connectivity index (χ2n) is 7.81. The van der Waals surface area contributed by atoms with E-state index < -0.39 is 0 Å². The Morgan fingerprint density at radius 1 is 1.00 bits per heavy atom. The van der Waals surface area contributed by atoms with Crippen LogP contribution < -0.4 is 20.7 Å². The Hall–Kier alpha value is -2.45. The van der Waals surface area contributed by atoms with Crippen molar-refractivity contribution in [2.75, 3.05) is 17.2 Å². The molecule has 0 radical (unpaired) electrons. The molecule has 2 amide bonds. The van der Waals surface area contributed by atoms with Crippen LogP contribution in [0.1, 0.15) is 44.5 Å². The van der Waals surface area contributed by atoms with Crippen molar-refractivity contribution in [2.45, 2.75) is 34.1 Å². The van der Waals surface area contributed by atoms with Gasteiger partial charge in [0.15, 0.2) is 5.11 Å². The van der Waals surface area contributed by atoms with Gasteiger partial charge in [-0.25, -0.2) is 0 Å². The molecule has 0 aliphatic rings. The first-order valence-electron chi connectivity index (χ1n) is 10.1. The average Bonchev–Trinajstić information content (AvgIpc) is 2.70. The Balaban J connectivity index is 1.90. The molecule has 0 unspecified atom stereocenters. The molecule has 2 rings (SSSR count). The second-order valence-corrected chi connectivity index (χ2v) is 9.07. The molecule has 0 spiro atoms. The third-order valence-electron chi connectivity index (χ3n) is 4.31. The summed E-state index contributed by atoms with van der Waals surface area (Å²) in [5.41, 5.74) is 1.85. The van der Waals surface area contributed by atoms with Gasteiger partial charge >= 0.3 is 0 Å². The fraction of sp³-hybridized carbons (Fsp3) is 0.348. The first kappa shape index (κ1) is 24.8. The number of anilines is 2. The molecular weight excluding hydrogens is 478 g/mol. The quantitative estimate of drug-likeness (QED) is 0.407. The van der Waals surface area contributed by atoms with E-state index in [1.54, 1.807) is 42.5 Å². The Kier molecular flexibility index (Phi) is 9.45. The number of nitrogens with one attached hydrogen (secondary N) is 3. The van der Waals surface area contributed by atoms with E-state index >= 15 is 0 Å². The molecule has 0 bridgehead atoms. The molecule has 0 aliphatic heterocycles. The predicted octanol–water partition coefficient (Wildman–Crippen LogP) is 5.60. The van der Waals surface area contributed by atoms with Gasteiger partial charge in [0, 0.05) is 22.9 Å². The molecule has 0 saturated heterocycles. The maximum atomic E-state index is 12.5. The van der Waals surface area contributed by atoms with Crippen LogP contribution in [-0.2, 0) is 4.79 Å². The molecule has 31 heavy (non-hydrogen) atoms. The van der Waals surface area contributed by atoms with E-state index in [0.717, 1.165) is 6.42 Å². The van der Waals surface area contributed by atoms with E-state index in [1.807, 2.05) is 13.8 Å². The minimum Gasteiger partial charge on any atom is -0.492 e. The Morgan fingerprint density at radius 3 is 2.16 bits per heavy atom. The molecule has 2 aromatic rings. The van der Waals surface area contributed by atoms with Gasteiger partial charge in [-0.15, -0.1) is 0 Å². The van der Waals surface area contributed by atoms with E-state index in [2.05, 4.69) is 45.7 Å². The van der Waals surface area contributed by atoms with Crippen LogP contribution in [-0.4, -0.2) is 23.5 Å². The number of rotatable bonds is 8. The van der Waals surface area contributed by atoms with Gasteiger partial charge in [0.2, 0.25) is 5.91 Å². The number of thiocarbonyl (C=S) groups is 1. The van der Waals surface area contributed by atoms with E-state index in [4.69, 9.17) is 17.0 Å². The highest BCUT2D eigenvalue weighted by molar-refractivity contribution is 9.10. The number of amides is 2. The lowest BCUT2D eigenvalue weighted by Gasteiger charge is -2.13. The van der Waals surface area contributed by atoms with Crippen LogP contribution in [0.3, 0.4) is 0 Å². The van der Waals surface area contributed by atoms with Crippen LogP contribution >= 0.6 is 28.1 Å². The highest BCUT2D eigenvalue weighted by Gasteiger charge is 2.12. The summed E-state index contributed by atoms with van der Waals surface area (Å²) >= 11 is 8.69. The minimum absolute atomic E-state index is 0.0500. The SMILES string of the molecule is CC(C)CCOc1ccc(C(=O)NC(=S)Nc2ccc(NC(=O)C(C)C)cc2)cc1Br. The van der Waals surface area contributed by atoms with Gasteiger partial charge in [0.05, 0.1) is 11.1 Å². The van der Waals surface area contributed by atoms with Gasteiger partial charge < -0.3 is 15.4 Å². The third-order valence-corrected chi connectivity index (χ3v) is 5.13. The summed E-state index contributed by atoms with van der Waals surface area (Å²) in [6.07, 6.45) is 0.958. The molecular formula is C23H28BrN3O3S. The van der Waals surface area contributed by atoms with Crippen molar-refractivity contribution in [3.05, 3.63) is 52.5 Å². The highest BCUT2D eigenvalue weighted by Crippen LogP contribution is 2.26. The fourth-order valence-corrected chi connectivity index (χ4v) is 3.13. The summed E-state index contributed by atoms with van der Waals surface area (Å²) in [5, 5.41) is 8.62. The van der Waals surface area contributed by atoms with Gasteiger partial charge in [0.25, 0.3) is 5.91 Å².